The molecule has 0 atom stereocenters. The Labute approximate surface area is 586 Å². The Balaban J connectivity index is 0.986. The molecular formula is C92H94BN3OS. The van der Waals surface area contributed by atoms with Crippen molar-refractivity contribution in [3.05, 3.63) is 238 Å². The van der Waals surface area contributed by atoms with E-state index in [2.05, 4.69) is 320 Å². The molecule has 6 heteroatoms. The number of hydrogen-bond acceptors (Lipinski definition) is 5. The SMILES string of the molecule is Cc1cc2c3c(c1)N(c1ccc(C(C)(C)C)cc1-c1cc(C(C)(C)C)cc(C(C)(C)C)c1)c1c(sc4cc5c(cc14)C(C)(C)CCC5(C)C)B3c1ccc(N(c3ccc(C(C)(C)C)cc3)c3cccc4c3oc3ccccc34)cc1N2c1ccc2c(c1)C1(CCCC1)c1ccccc1-2. The Kier molecular flexibility index (Phi) is 13.8. The summed E-state index contributed by atoms with van der Waals surface area (Å²) in [6, 6.07) is 74.5. The van der Waals surface area contributed by atoms with Gasteiger partial charge in [-0.2, -0.15) is 0 Å². The molecule has 1 fully saturated rings. The van der Waals surface area contributed by atoms with E-state index in [-0.39, 0.29) is 44.6 Å². The summed E-state index contributed by atoms with van der Waals surface area (Å²) in [5.41, 5.74) is 32.6. The molecule has 0 saturated heterocycles. The lowest BCUT2D eigenvalue weighted by Gasteiger charge is -2.44. The molecule has 2 aromatic heterocycles. The third-order valence-corrected chi connectivity index (χ3v) is 24.9. The summed E-state index contributed by atoms with van der Waals surface area (Å²) < 4.78 is 9.79. The van der Waals surface area contributed by atoms with Crippen LogP contribution in [0, 0.1) is 6.92 Å². The van der Waals surface area contributed by atoms with Crippen molar-refractivity contribution >= 4 is 117 Å². The van der Waals surface area contributed by atoms with Gasteiger partial charge < -0.3 is 19.1 Å². The van der Waals surface area contributed by atoms with Gasteiger partial charge in [0.1, 0.15) is 5.58 Å². The van der Waals surface area contributed by atoms with E-state index in [1.807, 2.05) is 11.3 Å². The molecule has 5 aliphatic rings. The third-order valence-electron chi connectivity index (χ3n) is 23.7. The lowest BCUT2D eigenvalue weighted by molar-refractivity contribution is 0.332. The maximum absolute atomic E-state index is 7.04. The Morgan fingerprint density at radius 1 is 0.449 bits per heavy atom. The normalized spacial score (nSPS) is 16.6. The summed E-state index contributed by atoms with van der Waals surface area (Å²) in [5, 5.41) is 3.57. The van der Waals surface area contributed by atoms with Crippen LogP contribution in [0.1, 0.15) is 199 Å². The first-order valence-electron chi connectivity index (χ1n) is 36.3. The van der Waals surface area contributed by atoms with Crippen molar-refractivity contribution in [3.63, 3.8) is 0 Å². The van der Waals surface area contributed by atoms with E-state index in [0.29, 0.717) is 0 Å². The Hall–Kier alpha value is -8.58. The second-order valence-corrected chi connectivity index (χ2v) is 36.4. The van der Waals surface area contributed by atoms with Crippen molar-refractivity contribution in [2.24, 2.45) is 0 Å². The largest absolute Gasteiger partial charge is 0.454 e. The van der Waals surface area contributed by atoms with Gasteiger partial charge in [-0.15, -0.1) is 11.3 Å². The Morgan fingerprint density at radius 3 is 1.76 bits per heavy atom. The molecule has 1 saturated carbocycles. The molecule has 1 spiro atoms. The van der Waals surface area contributed by atoms with E-state index >= 15 is 0 Å². The molecule has 12 aromatic rings. The van der Waals surface area contributed by atoms with Crippen molar-refractivity contribution < 1.29 is 4.42 Å². The number of benzene rings is 10. The van der Waals surface area contributed by atoms with Crippen LogP contribution in [0.3, 0.4) is 0 Å². The fraction of sp³-hybridized carbons (Fsp3) is 0.326. The van der Waals surface area contributed by atoms with Gasteiger partial charge in [-0.25, -0.2) is 0 Å². The first-order valence-corrected chi connectivity index (χ1v) is 37.2. The van der Waals surface area contributed by atoms with Crippen LogP contribution in [-0.2, 0) is 37.9 Å². The molecule has 0 unspecified atom stereocenters. The van der Waals surface area contributed by atoms with Crippen molar-refractivity contribution in [1.29, 1.82) is 0 Å². The molecular weight excluding hydrogens is 1210 g/mol. The topological polar surface area (TPSA) is 22.9 Å². The highest BCUT2D eigenvalue weighted by molar-refractivity contribution is 7.33. The maximum Gasteiger partial charge on any atom is 0.264 e. The van der Waals surface area contributed by atoms with Crippen LogP contribution < -0.4 is 30.4 Å². The highest BCUT2D eigenvalue weighted by atomic mass is 32.1. The van der Waals surface area contributed by atoms with Gasteiger partial charge in [-0.05, 0) is 228 Å². The molecule has 98 heavy (non-hydrogen) atoms. The highest BCUT2D eigenvalue weighted by Crippen LogP contribution is 2.60. The number of nitrogens with zero attached hydrogens (tertiary/aromatic N) is 3. The van der Waals surface area contributed by atoms with Gasteiger partial charge in [-0.1, -0.05) is 227 Å². The lowest BCUT2D eigenvalue weighted by Crippen LogP contribution is -2.60. The average molecular weight is 1300 g/mol. The van der Waals surface area contributed by atoms with Crippen LogP contribution >= 0.6 is 11.3 Å². The number of fused-ring (bicyclic) bond motifs is 15. The molecule has 4 heterocycles. The number of hydrogen-bond donors (Lipinski definition) is 0. The minimum atomic E-state index is -0.102. The summed E-state index contributed by atoms with van der Waals surface area (Å²) in [4.78, 5) is 7.97. The fourth-order valence-corrected chi connectivity index (χ4v) is 19.3. The van der Waals surface area contributed by atoms with E-state index in [9.17, 15) is 0 Å². The van der Waals surface area contributed by atoms with Crippen LogP contribution in [0.15, 0.2) is 192 Å². The van der Waals surface area contributed by atoms with Crippen molar-refractivity contribution in [2.75, 3.05) is 14.7 Å². The first-order chi connectivity index (χ1) is 46.5. The number of para-hydroxylation sites is 2. The molecule has 2 aliphatic heterocycles. The zero-order chi connectivity index (χ0) is 68.3. The van der Waals surface area contributed by atoms with Crippen LogP contribution in [0.5, 0.6) is 0 Å². The number of furan rings is 1. The zero-order valence-electron chi connectivity index (χ0n) is 60.9. The second-order valence-electron chi connectivity index (χ2n) is 35.3. The predicted octanol–water partition coefficient (Wildman–Crippen LogP) is 24.7. The summed E-state index contributed by atoms with van der Waals surface area (Å²) >= 11 is 2.05. The lowest BCUT2D eigenvalue weighted by atomic mass is 9.36. The molecule has 0 bridgehead atoms. The van der Waals surface area contributed by atoms with Gasteiger partial charge in [0.05, 0.1) is 17.1 Å². The molecule has 17 rings (SSSR count). The molecule has 4 nitrogen and oxygen atoms in total. The Morgan fingerprint density at radius 2 is 1.06 bits per heavy atom. The van der Waals surface area contributed by atoms with E-state index in [4.69, 9.17) is 4.42 Å². The van der Waals surface area contributed by atoms with Crippen molar-refractivity contribution in [3.8, 4) is 22.3 Å². The van der Waals surface area contributed by atoms with Gasteiger partial charge in [0.15, 0.2) is 5.58 Å². The van der Waals surface area contributed by atoms with Crippen molar-refractivity contribution in [2.45, 2.75) is 194 Å². The molecule has 3 aliphatic carbocycles. The second kappa shape index (κ2) is 21.5. The summed E-state index contributed by atoms with van der Waals surface area (Å²) in [6.07, 6.45) is 7.08. The van der Waals surface area contributed by atoms with Crippen LogP contribution in [0.4, 0.5) is 51.2 Å². The van der Waals surface area contributed by atoms with Gasteiger partial charge in [0.25, 0.3) is 6.71 Å². The highest BCUT2D eigenvalue weighted by Gasteiger charge is 2.50. The number of anilines is 9. The fourth-order valence-electron chi connectivity index (χ4n) is 18.0. The summed E-state index contributed by atoms with van der Waals surface area (Å²) in [6.45, 7) is 40.6. The molecule has 0 radical (unpaired) electrons. The van der Waals surface area contributed by atoms with Gasteiger partial charge >= 0.3 is 0 Å². The summed E-state index contributed by atoms with van der Waals surface area (Å²) in [5.74, 6) is 0. The molecule has 492 valence electrons. The molecule has 0 amide bonds. The summed E-state index contributed by atoms with van der Waals surface area (Å²) in [7, 11) is 0. The van der Waals surface area contributed by atoms with E-state index in [1.165, 1.54) is 145 Å². The van der Waals surface area contributed by atoms with Crippen molar-refractivity contribution in [1.82, 2.24) is 0 Å². The van der Waals surface area contributed by atoms with E-state index in [0.717, 1.165) is 64.7 Å². The standard InChI is InChI=1S/C92H94BN3OS/c1-55-45-78-82-79(46-55)96(75-40-33-58(87(5,6)7)50-68(75)56-47-59(88(8,9)10)49-60(48-56)89(11,12)13)83-69-53-72-73(91(16,17)44-43-90(72,14)15)54-81(69)98-85(83)93(82)74-39-37-63(52-77(74)95(78)62-36-38-65-64-25-18-20-28-70(64)92(71(65)51-62)41-22-23-42-92)94(61-34-31-57(32-35-61)86(2,3)4)76-29-24-27-67-66-26-19-21-30-80(66)97-84(67)76/h18-21,24-40,45-54H,22-23,41-44H2,1-17H3. The van der Waals surface area contributed by atoms with Gasteiger partial charge in [-0.3, -0.25) is 0 Å². The predicted molar refractivity (Wildman–Crippen MR) is 423 cm³/mol. The van der Waals surface area contributed by atoms with E-state index < -0.39 is 0 Å². The van der Waals surface area contributed by atoms with Crippen LogP contribution in [0.25, 0.3) is 54.3 Å². The quantitative estimate of drug-likeness (QED) is 0.155. The average Bonchev–Trinajstić information content (AvgIpc) is 1.31. The monoisotopic (exact) mass is 1300 g/mol. The van der Waals surface area contributed by atoms with Gasteiger partial charge in [0, 0.05) is 70.7 Å². The first kappa shape index (κ1) is 62.9. The van der Waals surface area contributed by atoms with Gasteiger partial charge in [0.2, 0.25) is 0 Å². The zero-order valence-corrected chi connectivity index (χ0v) is 61.7. The third kappa shape index (κ3) is 9.63. The smallest absolute Gasteiger partial charge is 0.264 e. The van der Waals surface area contributed by atoms with Crippen LogP contribution in [0.2, 0.25) is 0 Å². The molecule has 10 aromatic carbocycles. The minimum absolute atomic E-state index is 0.000415. The minimum Gasteiger partial charge on any atom is -0.454 e. The number of thiophene rings is 1. The number of aryl methyl sites for hydroxylation is 1. The maximum atomic E-state index is 7.04. The molecule has 0 N–H and O–H groups in total. The van der Waals surface area contributed by atoms with Crippen LogP contribution in [-0.4, -0.2) is 6.71 Å². The number of rotatable bonds is 6. The van der Waals surface area contributed by atoms with E-state index in [1.54, 1.807) is 0 Å². The Bertz CT molecular complexity index is 5280.